The van der Waals surface area contributed by atoms with E-state index in [-0.39, 0.29) is 0 Å². The molecule has 1 aromatic rings. The summed E-state index contributed by atoms with van der Waals surface area (Å²) in [7, 11) is 9.89. The molecule has 0 saturated carbocycles. The summed E-state index contributed by atoms with van der Waals surface area (Å²) in [5.74, 6) is 1.91. The van der Waals surface area contributed by atoms with Gasteiger partial charge in [-0.05, 0) is 43.6 Å². The molecular formula is C19H32N4O. The molecule has 134 valence electrons. The van der Waals surface area contributed by atoms with E-state index in [1.165, 1.54) is 24.8 Å². The summed E-state index contributed by atoms with van der Waals surface area (Å²) in [6.45, 7) is 3.09. The van der Waals surface area contributed by atoms with Gasteiger partial charge >= 0.3 is 0 Å². The van der Waals surface area contributed by atoms with Gasteiger partial charge in [0, 0.05) is 28.2 Å². The number of hydrogen-bond donors (Lipinski definition) is 0. The maximum absolute atomic E-state index is 5.30. The van der Waals surface area contributed by atoms with E-state index < -0.39 is 0 Å². The molecule has 0 bridgehead atoms. The topological polar surface area (TPSA) is 31.3 Å². The number of aliphatic imine (C=N–C) groups is 1. The van der Waals surface area contributed by atoms with Gasteiger partial charge in [0.15, 0.2) is 5.96 Å². The molecule has 1 aromatic carbocycles. The second-order valence-corrected chi connectivity index (χ2v) is 6.82. The Kier molecular flexibility index (Phi) is 6.91. The molecule has 0 amide bonds. The number of hydrogen-bond acceptors (Lipinski definition) is 3. The standard InChI is InChI=1S/C19H32N4O/c1-21(2)19(22(3)4)20-15-18(23-13-7-6-8-14-23)16-9-11-17(24-5)12-10-16/h9-12,18H,6-8,13-15H2,1-5H3. The molecule has 0 radical (unpaired) electrons. The minimum Gasteiger partial charge on any atom is -0.497 e. The van der Waals surface area contributed by atoms with Crippen LogP contribution in [0.2, 0.25) is 0 Å². The normalized spacial score (nSPS) is 16.4. The third kappa shape index (κ3) is 4.87. The molecule has 0 aliphatic carbocycles. The van der Waals surface area contributed by atoms with Crippen LogP contribution in [0.5, 0.6) is 5.75 Å². The number of guanidine groups is 1. The highest BCUT2D eigenvalue weighted by Crippen LogP contribution is 2.26. The van der Waals surface area contributed by atoms with E-state index in [1.54, 1.807) is 7.11 Å². The molecule has 1 unspecified atom stereocenters. The van der Waals surface area contributed by atoms with Crippen LogP contribution in [0.15, 0.2) is 29.3 Å². The molecule has 1 saturated heterocycles. The summed E-state index contributed by atoms with van der Waals surface area (Å²) in [6.07, 6.45) is 3.91. The zero-order chi connectivity index (χ0) is 17.5. The van der Waals surface area contributed by atoms with Crippen molar-refractivity contribution in [3.05, 3.63) is 29.8 Å². The van der Waals surface area contributed by atoms with Crippen molar-refractivity contribution in [2.75, 3.05) is 54.9 Å². The van der Waals surface area contributed by atoms with Crippen molar-refractivity contribution in [1.29, 1.82) is 0 Å². The summed E-state index contributed by atoms with van der Waals surface area (Å²) in [4.78, 5) is 11.6. The van der Waals surface area contributed by atoms with Gasteiger partial charge in [0.05, 0.1) is 19.7 Å². The maximum Gasteiger partial charge on any atom is 0.195 e. The maximum atomic E-state index is 5.30. The Bertz CT molecular complexity index is 509. The van der Waals surface area contributed by atoms with Crippen molar-refractivity contribution < 1.29 is 4.74 Å². The lowest BCUT2D eigenvalue weighted by molar-refractivity contribution is 0.167. The molecule has 2 rings (SSSR count). The number of methoxy groups -OCH3 is 1. The third-order valence-electron chi connectivity index (χ3n) is 4.54. The molecule has 1 fully saturated rings. The van der Waals surface area contributed by atoms with E-state index in [4.69, 9.17) is 9.73 Å². The number of rotatable bonds is 5. The van der Waals surface area contributed by atoms with Gasteiger partial charge in [-0.25, -0.2) is 0 Å². The van der Waals surface area contributed by atoms with Crippen molar-refractivity contribution in [2.45, 2.75) is 25.3 Å². The number of ether oxygens (including phenoxy) is 1. The summed E-state index contributed by atoms with van der Waals surface area (Å²) in [5.41, 5.74) is 1.32. The van der Waals surface area contributed by atoms with Crippen molar-refractivity contribution in [3.8, 4) is 5.75 Å². The number of benzene rings is 1. The monoisotopic (exact) mass is 332 g/mol. The SMILES string of the molecule is COc1ccc(C(CN=C(N(C)C)N(C)C)N2CCCCC2)cc1. The van der Waals surface area contributed by atoms with Crippen LogP contribution in [0.4, 0.5) is 0 Å². The zero-order valence-corrected chi connectivity index (χ0v) is 15.8. The zero-order valence-electron chi connectivity index (χ0n) is 15.8. The van der Waals surface area contributed by atoms with Gasteiger partial charge < -0.3 is 14.5 Å². The lowest BCUT2D eigenvalue weighted by Crippen LogP contribution is -2.38. The molecule has 1 aliphatic rings. The van der Waals surface area contributed by atoms with E-state index in [1.807, 2.05) is 28.2 Å². The Labute approximate surface area is 146 Å². The van der Waals surface area contributed by atoms with Crippen LogP contribution in [0.3, 0.4) is 0 Å². The molecule has 1 atom stereocenters. The van der Waals surface area contributed by atoms with E-state index in [9.17, 15) is 0 Å². The average Bonchev–Trinajstić information content (AvgIpc) is 2.59. The minimum absolute atomic E-state index is 0.325. The van der Waals surface area contributed by atoms with E-state index in [2.05, 4.69) is 39.0 Å². The minimum atomic E-state index is 0.325. The summed E-state index contributed by atoms with van der Waals surface area (Å²) < 4.78 is 5.30. The van der Waals surface area contributed by atoms with Crippen molar-refractivity contribution in [3.63, 3.8) is 0 Å². The van der Waals surface area contributed by atoms with Crippen molar-refractivity contribution in [2.24, 2.45) is 4.99 Å². The van der Waals surface area contributed by atoms with E-state index in [0.29, 0.717) is 6.04 Å². The largest absolute Gasteiger partial charge is 0.497 e. The predicted molar refractivity (Wildman–Crippen MR) is 101 cm³/mol. The van der Waals surface area contributed by atoms with Crippen molar-refractivity contribution >= 4 is 5.96 Å². The van der Waals surface area contributed by atoms with Gasteiger partial charge in [0.1, 0.15) is 5.75 Å². The first-order valence-corrected chi connectivity index (χ1v) is 8.80. The smallest absolute Gasteiger partial charge is 0.195 e. The first-order valence-electron chi connectivity index (χ1n) is 8.80. The Hall–Kier alpha value is -1.75. The first kappa shape index (κ1) is 18.6. The molecule has 0 spiro atoms. The molecular weight excluding hydrogens is 300 g/mol. The average molecular weight is 332 g/mol. The van der Waals surface area contributed by atoms with Gasteiger partial charge in [-0.15, -0.1) is 0 Å². The molecule has 1 heterocycles. The van der Waals surface area contributed by atoms with Gasteiger partial charge in [-0.2, -0.15) is 0 Å². The fraction of sp³-hybridized carbons (Fsp3) is 0.632. The first-order chi connectivity index (χ1) is 11.5. The second-order valence-electron chi connectivity index (χ2n) is 6.82. The van der Waals surface area contributed by atoms with E-state index in [0.717, 1.165) is 31.3 Å². The highest BCUT2D eigenvalue weighted by atomic mass is 16.5. The summed E-state index contributed by atoms with van der Waals surface area (Å²) in [6, 6.07) is 8.78. The van der Waals surface area contributed by atoms with Crippen LogP contribution in [-0.2, 0) is 0 Å². The summed E-state index contributed by atoms with van der Waals surface area (Å²) in [5, 5.41) is 0. The molecule has 1 aliphatic heterocycles. The second kappa shape index (κ2) is 8.92. The van der Waals surface area contributed by atoms with Gasteiger partial charge in [0.2, 0.25) is 0 Å². The Morgan fingerprint density at radius 1 is 1.04 bits per heavy atom. The van der Waals surface area contributed by atoms with Crippen molar-refractivity contribution in [1.82, 2.24) is 14.7 Å². The quantitative estimate of drug-likeness (QED) is 0.613. The predicted octanol–water partition coefficient (Wildman–Crippen LogP) is 2.70. The van der Waals surface area contributed by atoms with Crippen LogP contribution in [0.25, 0.3) is 0 Å². The molecule has 0 aromatic heterocycles. The van der Waals surface area contributed by atoms with Gasteiger partial charge in [-0.1, -0.05) is 18.6 Å². The van der Waals surface area contributed by atoms with Crippen LogP contribution < -0.4 is 4.74 Å². The number of piperidine rings is 1. The van der Waals surface area contributed by atoms with Gasteiger partial charge in [0.25, 0.3) is 0 Å². The molecule has 0 N–H and O–H groups in total. The highest BCUT2D eigenvalue weighted by Gasteiger charge is 2.22. The number of nitrogens with zero attached hydrogens (tertiary/aromatic N) is 4. The Morgan fingerprint density at radius 2 is 1.62 bits per heavy atom. The third-order valence-corrected chi connectivity index (χ3v) is 4.54. The fourth-order valence-corrected chi connectivity index (χ4v) is 3.34. The lowest BCUT2D eigenvalue weighted by atomic mass is 10.0. The molecule has 5 nitrogen and oxygen atoms in total. The van der Waals surface area contributed by atoms with Gasteiger partial charge in [-0.3, -0.25) is 9.89 Å². The Balaban J connectivity index is 2.23. The molecule has 24 heavy (non-hydrogen) atoms. The van der Waals surface area contributed by atoms with E-state index >= 15 is 0 Å². The number of likely N-dealkylation sites (tertiary alicyclic amines) is 1. The van der Waals surface area contributed by atoms with Crippen LogP contribution in [0, 0.1) is 0 Å². The van der Waals surface area contributed by atoms with Crippen LogP contribution >= 0.6 is 0 Å². The lowest BCUT2D eigenvalue weighted by Gasteiger charge is -2.34. The summed E-state index contributed by atoms with van der Waals surface area (Å²) >= 11 is 0. The highest BCUT2D eigenvalue weighted by molar-refractivity contribution is 5.79. The van der Waals surface area contributed by atoms with Crippen LogP contribution in [-0.4, -0.2) is 75.6 Å². The van der Waals surface area contributed by atoms with Crippen LogP contribution in [0.1, 0.15) is 30.9 Å². The Morgan fingerprint density at radius 3 is 2.12 bits per heavy atom. The molecule has 5 heteroatoms. The fourth-order valence-electron chi connectivity index (χ4n) is 3.34.